The average molecular weight is 410 g/mol. The second-order valence-electron chi connectivity index (χ2n) is 6.78. The van der Waals surface area contributed by atoms with Crippen molar-refractivity contribution < 1.29 is 18.4 Å². The Morgan fingerprint density at radius 2 is 2.00 bits per heavy atom. The zero-order chi connectivity index (χ0) is 21.1. The molecule has 4 rings (SSSR count). The largest absolute Gasteiger partial charge is 0.424 e. The third kappa shape index (κ3) is 4.27. The van der Waals surface area contributed by atoms with Crippen LogP contribution in [0.4, 0.5) is 15.0 Å². The summed E-state index contributed by atoms with van der Waals surface area (Å²) in [5.74, 6) is 0.457. The number of hydrogen-bond acceptors (Lipinski definition) is 6. The van der Waals surface area contributed by atoms with Crippen LogP contribution in [0, 0.1) is 12.7 Å². The van der Waals surface area contributed by atoms with Crippen LogP contribution in [-0.2, 0) is 13.1 Å². The van der Waals surface area contributed by atoms with Crippen LogP contribution in [-0.4, -0.2) is 45.1 Å². The fraction of sp³-hybridized carbons (Fsp3) is 0.250. The predicted molar refractivity (Wildman–Crippen MR) is 104 cm³/mol. The van der Waals surface area contributed by atoms with Gasteiger partial charge in [0.15, 0.2) is 0 Å². The minimum Gasteiger partial charge on any atom is -0.424 e. The standard InChI is InChI=1S/C20H19FN6O3/c1-13-24-25-18(30-13)11-23-19(28)15-6-7-22-17(10-15)27-9-8-26(20(27)29)12-14-2-4-16(21)5-3-14/h2-7,10H,8-9,11-12H2,1H3,(H,23,28). The number of amides is 3. The molecular weight excluding hydrogens is 391 g/mol. The van der Waals surface area contributed by atoms with Crippen molar-refractivity contribution in [1.82, 2.24) is 25.4 Å². The zero-order valence-corrected chi connectivity index (χ0v) is 16.2. The molecule has 1 aliphatic rings. The summed E-state index contributed by atoms with van der Waals surface area (Å²) in [5, 5.41) is 10.2. The van der Waals surface area contributed by atoms with Crippen LogP contribution in [0.15, 0.2) is 47.0 Å². The molecule has 9 nitrogen and oxygen atoms in total. The SMILES string of the molecule is Cc1nnc(CNC(=O)c2ccnc(N3CCN(Cc4ccc(F)cc4)C3=O)c2)o1. The van der Waals surface area contributed by atoms with E-state index in [0.29, 0.717) is 42.8 Å². The molecule has 1 aliphatic heterocycles. The van der Waals surface area contributed by atoms with Gasteiger partial charge in [0.1, 0.15) is 11.6 Å². The van der Waals surface area contributed by atoms with E-state index in [1.165, 1.54) is 23.2 Å². The summed E-state index contributed by atoms with van der Waals surface area (Å²) in [6.45, 7) is 3.09. The van der Waals surface area contributed by atoms with Crippen LogP contribution in [0.25, 0.3) is 0 Å². The summed E-state index contributed by atoms with van der Waals surface area (Å²) in [7, 11) is 0. The summed E-state index contributed by atoms with van der Waals surface area (Å²) in [4.78, 5) is 32.6. The van der Waals surface area contributed by atoms with Gasteiger partial charge in [0.2, 0.25) is 11.8 Å². The van der Waals surface area contributed by atoms with Crippen molar-refractivity contribution in [3.63, 3.8) is 0 Å². The number of aryl methyl sites for hydroxylation is 1. The first-order valence-electron chi connectivity index (χ1n) is 9.34. The van der Waals surface area contributed by atoms with E-state index in [9.17, 15) is 14.0 Å². The van der Waals surface area contributed by atoms with E-state index in [1.54, 1.807) is 36.1 Å². The third-order valence-corrected chi connectivity index (χ3v) is 4.63. The number of nitrogens with zero attached hydrogens (tertiary/aromatic N) is 5. The van der Waals surface area contributed by atoms with Crippen LogP contribution >= 0.6 is 0 Å². The fourth-order valence-electron chi connectivity index (χ4n) is 3.13. The number of rotatable bonds is 6. The van der Waals surface area contributed by atoms with Crippen molar-refractivity contribution in [3.8, 4) is 0 Å². The summed E-state index contributed by atoms with van der Waals surface area (Å²) in [5.41, 5.74) is 1.20. The van der Waals surface area contributed by atoms with E-state index < -0.39 is 0 Å². The first kappa shape index (κ1) is 19.5. The van der Waals surface area contributed by atoms with E-state index in [4.69, 9.17) is 4.42 Å². The van der Waals surface area contributed by atoms with E-state index in [1.807, 2.05) is 0 Å². The quantitative estimate of drug-likeness (QED) is 0.669. The number of urea groups is 1. The fourth-order valence-corrected chi connectivity index (χ4v) is 3.13. The Morgan fingerprint density at radius 3 is 2.73 bits per heavy atom. The molecule has 0 spiro atoms. The average Bonchev–Trinajstić information content (AvgIpc) is 3.33. The second-order valence-corrected chi connectivity index (χ2v) is 6.78. The highest BCUT2D eigenvalue weighted by Gasteiger charge is 2.30. The van der Waals surface area contributed by atoms with E-state index in [0.717, 1.165) is 5.56 Å². The normalized spacial score (nSPS) is 13.7. The lowest BCUT2D eigenvalue weighted by molar-refractivity contribution is 0.0947. The molecule has 2 aromatic heterocycles. The van der Waals surface area contributed by atoms with E-state index in [-0.39, 0.29) is 24.3 Å². The molecule has 0 radical (unpaired) electrons. The van der Waals surface area contributed by atoms with Crippen molar-refractivity contribution >= 4 is 17.8 Å². The minimum absolute atomic E-state index is 0.103. The van der Waals surface area contributed by atoms with Gasteiger partial charge in [-0.15, -0.1) is 10.2 Å². The summed E-state index contributed by atoms with van der Waals surface area (Å²) in [6, 6.07) is 8.95. The Labute approximate surface area is 171 Å². The first-order chi connectivity index (χ1) is 14.5. The van der Waals surface area contributed by atoms with Crippen LogP contribution in [0.5, 0.6) is 0 Å². The van der Waals surface area contributed by atoms with E-state index >= 15 is 0 Å². The highest BCUT2D eigenvalue weighted by Crippen LogP contribution is 2.21. The maximum atomic E-state index is 13.1. The van der Waals surface area contributed by atoms with Crippen molar-refractivity contribution in [1.29, 1.82) is 0 Å². The Hall–Kier alpha value is -3.82. The molecule has 154 valence electrons. The molecule has 0 aliphatic carbocycles. The molecule has 0 atom stereocenters. The molecule has 3 amide bonds. The number of halogens is 1. The summed E-state index contributed by atoms with van der Waals surface area (Å²) < 4.78 is 18.3. The number of hydrogen-bond donors (Lipinski definition) is 1. The molecule has 3 heterocycles. The van der Waals surface area contributed by atoms with Crippen LogP contribution in [0.2, 0.25) is 0 Å². The Kier molecular flexibility index (Phi) is 5.38. The number of anilines is 1. The van der Waals surface area contributed by atoms with Crippen molar-refractivity contribution in [3.05, 3.63) is 71.3 Å². The van der Waals surface area contributed by atoms with Crippen molar-refractivity contribution in [2.75, 3.05) is 18.0 Å². The lowest BCUT2D eigenvalue weighted by atomic mass is 10.2. The zero-order valence-electron chi connectivity index (χ0n) is 16.2. The molecule has 3 aromatic rings. The maximum absolute atomic E-state index is 13.1. The van der Waals surface area contributed by atoms with E-state index in [2.05, 4.69) is 20.5 Å². The number of carbonyl (C=O) groups is 2. The van der Waals surface area contributed by atoms with Crippen molar-refractivity contribution in [2.24, 2.45) is 0 Å². The summed E-state index contributed by atoms with van der Waals surface area (Å²) >= 11 is 0. The molecule has 1 fully saturated rings. The number of pyridine rings is 1. The topological polar surface area (TPSA) is 104 Å². The maximum Gasteiger partial charge on any atom is 0.326 e. The second kappa shape index (κ2) is 8.27. The van der Waals surface area contributed by atoms with Gasteiger partial charge in [-0.05, 0) is 29.8 Å². The smallest absolute Gasteiger partial charge is 0.326 e. The van der Waals surface area contributed by atoms with Gasteiger partial charge in [0, 0.05) is 38.3 Å². The molecular formula is C20H19FN6O3. The minimum atomic E-state index is -0.343. The molecule has 0 saturated carbocycles. The molecule has 1 saturated heterocycles. The van der Waals surface area contributed by atoms with Gasteiger partial charge in [-0.2, -0.15) is 0 Å². The molecule has 0 unspecified atom stereocenters. The van der Waals surface area contributed by atoms with Gasteiger partial charge in [-0.25, -0.2) is 14.2 Å². The van der Waals surface area contributed by atoms with Crippen LogP contribution in [0.3, 0.4) is 0 Å². The lowest BCUT2D eigenvalue weighted by Gasteiger charge is -2.18. The number of carbonyl (C=O) groups excluding carboxylic acids is 2. The lowest BCUT2D eigenvalue weighted by Crippen LogP contribution is -2.32. The summed E-state index contributed by atoms with van der Waals surface area (Å²) in [6.07, 6.45) is 1.48. The Balaban J connectivity index is 1.41. The number of aromatic nitrogens is 3. The molecule has 10 heteroatoms. The van der Waals surface area contributed by atoms with Crippen LogP contribution in [0.1, 0.15) is 27.7 Å². The number of nitrogens with one attached hydrogen (secondary N) is 1. The van der Waals surface area contributed by atoms with Gasteiger partial charge in [0.05, 0.1) is 6.54 Å². The van der Waals surface area contributed by atoms with Gasteiger partial charge < -0.3 is 14.6 Å². The highest BCUT2D eigenvalue weighted by molar-refractivity contribution is 5.97. The molecule has 0 bridgehead atoms. The van der Waals surface area contributed by atoms with Gasteiger partial charge >= 0.3 is 6.03 Å². The molecule has 30 heavy (non-hydrogen) atoms. The predicted octanol–water partition coefficient (Wildman–Crippen LogP) is 2.28. The number of benzene rings is 1. The highest BCUT2D eigenvalue weighted by atomic mass is 19.1. The van der Waals surface area contributed by atoms with Gasteiger partial charge in [-0.3, -0.25) is 9.69 Å². The van der Waals surface area contributed by atoms with Gasteiger partial charge in [-0.1, -0.05) is 12.1 Å². The van der Waals surface area contributed by atoms with Gasteiger partial charge in [0.25, 0.3) is 5.91 Å². The first-order valence-corrected chi connectivity index (χ1v) is 9.34. The Bertz CT molecular complexity index is 1070. The third-order valence-electron chi connectivity index (χ3n) is 4.63. The molecule has 1 aromatic carbocycles. The van der Waals surface area contributed by atoms with Crippen LogP contribution < -0.4 is 10.2 Å². The Morgan fingerprint density at radius 1 is 1.20 bits per heavy atom. The van der Waals surface area contributed by atoms with Crippen molar-refractivity contribution in [2.45, 2.75) is 20.0 Å². The molecule has 1 N–H and O–H groups in total. The monoisotopic (exact) mass is 410 g/mol.